The second kappa shape index (κ2) is 5.17. The minimum atomic E-state index is -0.309. The molecule has 17 heavy (non-hydrogen) atoms. The van der Waals surface area contributed by atoms with Crippen molar-refractivity contribution in [3.05, 3.63) is 23.9 Å². The Balaban J connectivity index is 2.14. The first-order chi connectivity index (χ1) is 8.24. The van der Waals surface area contributed by atoms with Crippen LogP contribution in [0.15, 0.2) is 18.3 Å². The Hall–Kier alpha value is -1.58. The fourth-order valence-corrected chi connectivity index (χ4v) is 1.83. The number of ether oxygens (including phenoxy) is 1. The number of rotatable bonds is 5. The third-order valence-electron chi connectivity index (χ3n) is 3.05. The maximum Gasteiger partial charge on any atom is 0.338 e. The van der Waals surface area contributed by atoms with Gasteiger partial charge in [-0.05, 0) is 37.8 Å². The quantitative estimate of drug-likeness (QED) is 0.732. The van der Waals surface area contributed by atoms with Crippen molar-refractivity contribution < 1.29 is 9.53 Å². The lowest BCUT2D eigenvalue weighted by atomic mass is 10.2. The SMILES string of the molecule is CCN(CC1CC1)c1cc(C(=O)OC)ccn1. The smallest absolute Gasteiger partial charge is 0.338 e. The predicted octanol–water partition coefficient (Wildman–Crippen LogP) is 2.10. The number of hydrogen-bond donors (Lipinski definition) is 0. The first-order valence-electron chi connectivity index (χ1n) is 6.04. The highest BCUT2D eigenvalue weighted by Crippen LogP contribution is 2.31. The summed E-state index contributed by atoms with van der Waals surface area (Å²) in [7, 11) is 1.39. The summed E-state index contributed by atoms with van der Waals surface area (Å²) >= 11 is 0. The lowest BCUT2D eigenvalue weighted by Crippen LogP contribution is -2.26. The molecule has 1 fully saturated rings. The zero-order valence-electron chi connectivity index (χ0n) is 10.3. The van der Waals surface area contributed by atoms with Crippen molar-refractivity contribution in [2.24, 2.45) is 5.92 Å². The summed E-state index contributed by atoms with van der Waals surface area (Å²) in [6.07, 6.45) is 4.29. The van der Waals surface area contributed by atoms with Crippen LogP contribution in [-0.2, 0) is 4.74 Å². The lowest BCUT2D eigenvalue weighted by molar-refractivity contribution is 0.0600. The number of esters is 1. The third kappa shape index (κ3) is 2.96. The molecule has 0 saturated heterocycles. The number of methoxy groups -OCH3 is 1. The average molecular weight is 234 g/mol. The van der Waals surface area contributed by atoms with Crippen LogP contribution in [0.3, 0.4) is 0 Å². The predicted molar refractivity (Wildman–Crippen MR) is 66.2 cm³/mol. The summed E-state index contributed by atoms with van der Waals surface area (Å²) < 4.78 is 4.71. The summed E-state index contributed by atoms with van der Waals surface area (Å²) in [5.74, 6) is 1.36. The fourth-order valence-electron chi connectivity index (χ4n) is 1.83. The molecule has 92 valence electrons. The Morgan fingerprint density at radius 3 is 2.94 bits per heavy atom. The molecule has 1 heterocycles. The summed E-state index contributed by atoms with van der Waals surface area (Å²) in [5.41, 5.74) is 0.562. The summed E-state index contributed by atoms with van der Waals surface area (Å²) in [5, 5.41) is 0. The Morgan fingerprint density at radius 2 is 2.35 bits per heavy atom. The number of aromatic nitrogens is 1. The number of anilines is 1. The number of hydrogen-bond acceptors (Lipinski definition) is 4. The van der Waals surface area contributed by atoms with Crippen LogP contribution in [0.2, 0.25) is 0 Å². The van der Waals surface area contributed by atoms with Crippen LogP contribution in [0.1, 0.15) is 30.1 Å². The normalized spacial score (nSPS) is 14.5. The zero-order valence-corrected chi connectivity index (χ0v) is 10.3. The Bertz CT molecular complexity index is 402. The van der Waals surface area contributed by atoms with Crippen molar-refractivity contribution in [2.75, 3.05) is 25.1 Å². The maximum atomic E-state index is 11.4. The van der Waals surface area contributed by atoms with Gasteiger partial charge in [0, 0.05) is 19.3 Å². The number of pyridine rings is 1. The van der Waals surface area contributed by atoms with Gasteiger partial charge in [0.25, 0.3) is 0 Å². The topological polar surface area (TPSA) is 42.4 Å². The van der Waals surface area contributed by atoms with E-state index in [4.69, 9.17) is 4.74 Å². The van der Waals surface area contributed by atoms with E-state index in [9.17, 15) is 4.79 Å². The van der Waals surface area contributed by atoms with Crippen molar-refractivity contribution in [2.45, 2.75) is 19.8 Å². The molecule has 1 aromatic heterocycles. The highest BCUT2D eigenvalue weighted by atomic mass is 16.5. The number of carbonyl (C=O) groups excluding carboxylic acids is 1. The van der Waals surface area contributed by atoms with E-state index < -0.39 is 0 Å². The second-order valence-corrected chi connectivity index (χ2v) is 4.38. The molecular formula is C13H18N2O2. The Morgan fingerprint density at radius 1 is 1.59 bits per heavy atom. The van der Waals surface area contributed by atoms with E-state index in [1.807, 2.05) is 0 Å². The number of carbonyl (C=O) groups is 1. The van der Waals surface area contributed by atoms with Gasteiger partial charge >= 0.3 is 5.97 Å². The van der Waals surface area contributed by atoms with Gasteiger partial charge in [-0.15, -0.1) is 0 Å². The van der Waals surface area contributed by atoms with Gasteiger partial charge in [-0.2, -0.15) is 0 Å². The van der Waals surface area contributed by atoms with Gasteiger partial charge in [-0.1, -0.05) is 0 Å². The average Bonchev–Trinajstić information content (AvgIpc) is 3.19. The number of nitrogens with zero attached hydrogens (tertiary/aromatic N) is 2. The Kier molecular flexibility index (Phi) is 3.61. The minimum absolute atomic E-state index is 0.309. The summed E-state index contributed by atoms with van der Waals surface area (Å²) in [6.45, 7) is 4.05. The van der Waals surface area contributed by atoms with Crippen molar-refractivity contribution in [3.63, 3.8) is 0 Å². The highest BCUT2D eigenvalue weighted by Gasteiger charge is 2.24. The van der Waals surface area contributed by atoms with E-state index in [0.717, 1.165) is 24.8 Å². The van der Waals surface area contributed by atoms with Crippen molar-refractivity contribution in [3.8, 4) is 0 Å². The molecule has 2 rings (SSSR count). The largest absolute Gasteiger partial charge is 0.465 e. The molecule has 0 aromatic carbocycles. The maximum absolute atomic E-state index is 11.4. The molecule has 0 radical (unpaired) electrons. The van der Waals surface area contributed by atoms with Crippen molar-refractivity contribution in [1.29, 1.82) is 0 Å². The van der Waals surface area contributed by atoms with Crippen LogP contribution < -0.4 is 4.90 Å². The molecule has 1 saturated carbocycles. The molecular weight excluding hydrogens is 216 g/mol. The van der Waals surface area contributed by atoms with E-state index in [1.54, 1.807) is 18.3 Å². The molecule has 1 aliphatic rings. The van der Waals surface area contributed by atoms with E-state index in [2.05, 4.69) is 16.8 Å². The van der Waals surface area contributed by atoms with Gasteiger partial charge < -0.3 is 9.64 Å². The zero-order chi connectivity index (χ0) is 12.3. The van der Waals surface area contributed by atoms with Gasteiger partial charge in [0.05, 0.1) is 12.7 Å². The van der Waals surface area contributed by atoms with E-state index in [-0.39, 0.29) is 5.97 Å². The molecule has 0 N–H and O–H groups in total. The highest BCUT2D eigenvalue weighted by molar-refractivity contribution is 5.90. The lowest BCUT2D eigenvalue weighted by Gasteiger charge is -2.21. The first kappa shape index (κ1) is 11.9. The van der Waals surface area contributed by atoms with Crippen molar-refractivity contribution >= 4 is 11.8 Å². The summed E-state index contributed by atoms with van der Waals surface area (Å²) in [4.78, 5) is 18.0. The van der Waals surface area contributed by atoms with Gasteiger partial charge in [-0.3, -0.25) is 0 Å². The molecule has 0 unspecified atom stereocenters. The van der Waals surface area contributed by atoms with Crippen molar-refractivity contribution in [1.82, 2.24) is 4.98 Å². The molecule has 4 heteroatoms. The molecule has 1 aliphatic carbocycles. The molecule has 0 bridgehead atoms. The summed E-state index contributed by atoms with van der Waals surface area (Å²) in [6, 6.07) is 3.48. The molecule has 0 spiro atoms. The Labute approximate surface area is 102 Å². The van der Waals surface area contributed by atoms with E-state index in [0.29, 0.717) is 5.56 Å². The van der Waals surface area contributed by atoms with Gasteiger partial charge in [0.1, 0.15) is 5.82 Å². The van der Waals surface area contributed by atoms with Crippen LogP contribution in [0, 0.1) is 5.92 Å². The molecule has 1 aromatic rings. The van der Waals surface area contributed by atoms with Crippen LogP contribution in [-0.4, -0.2) is 31.2 Å². The van der Waals surface area contributed by atoms with Gasteiger partial charge in [-0.25, -0.2) is 9.78 Å². The van der Waals surface area contributed by atoms with Gasteiger partial charge in [0.2, 0.25) is 0 Å². The second-order valence-electron chi connectivity index (χ2n) is 4.38. The third-order valence-corrected chi connectivity index (χ3v) is 3.05. The molecule has 4 nitrogen and oxygen atoms in total. The van der Waals surface area contributed by atoms with Crippen LogP contribution >= 0.6 is 0 Å². The molecule has 0 amide bonds. The van der Waals surface area contributed by atoms with E-state index in [1.165, 1.54) is 20.0 Å². The van der Waals surface area contributed by atoms with Crippen LogP contribution in [0.5, 0.6) is 0 Å². The fraction of sp³-hybridized carbons (Fsp3) is 0.538. The molecule has 0 aliphatic heterocycles. The standard InChI is InChI=1S/C13H18N2O2/c1-3-15(9-10-4-5-10)12-8-11(6-7-14-12)13(16)17-2/h6-8,10H,3-5,9H2,1-2H3. The minimum Gasteiger partial charge on any atom is -0.465 e. The molecule has 0 atom stereocenters. The van der Waals surface area contributed by atoms with E-state index >= 15 is 0 Å². The van der Waals surface area contributed by atoms with Crippen LogP contribution in [0.25, 0.3) is 0 Å². The first-order valence-corrected chi connectivity index (χ1v) is 6.04. The monoisotopic (exact) mass is 234 g/mol. The van der Waals surface area contributed by atoms with Gasteiger partial charge in [0.15, 0.2) is 0 Å². The van der Waals surface area contributed by atoms with Crippen LogP contribution in [0.4, 0.5) is 5.82 Å².